The Morgan fingerprint density at radius 2 is 1.93 bits per heavy atom. The molecule has 7 nitrogen and oxygen atoms in total. The maximum atomic E-state index is 12.6. The number of amides is 2. The van der Waals surface area contributed by atoms with Crippen LogP contribution in [-0.2, 0) is 11.3 Å². The van der Waals surface area contributed by atoms with Gasteiger partial charge in [0.25, 0.3) is 11.1 Å². The molecule has 2 aromatic carbocycles. The van der Waals surface area contributed by atoms with Crippen molar-refractivity contribution < 1.29 is 19.6 Å². The minimum Gasteiger partial charge on any atom is -0.502 e. The normalized spacial score (nSPS) is 15.6. The van der Waals surface area contributed by atoms with E-state index in [1.807, 2.05) is 0 Å². The standard InChI is InChI=1S/C17H10BrClN2O5S/c18-11-5-10(15(22)13(7-11)21(25)26)6-14-16(23)20(17(24)27-14)8-9-1-3-12(19)4-2-9/h1-7,22H,8H2/b14-6-. The zero-order valence-electron chi connectivity index (χ0n) is 13.4. The zero-order valence-corrected chi connectivity index (χ0v) is 16.5. The van der Waals surface area contributed by atoms with Crippen molar-refractivity contribution >= 4 is 62.2 Å². The molecule has 0 unspecified atom stereocenters. The Bertz CT molecular complexity index is 994. The quantitative estimate of drug-likeness (QED) is 0.386. The van der Waals surface area contributed by atoms with E-state index in [9.17, 15) is 24.8 Å². The Kier molecular flexibility index (Phi) is 5.54. The minimum atomic E-state index is -0.732. The Morgan fingerprint density at radius 3 is 2.56 bits per heavy atom. The van der Waals surface area contributed by atoms with Crippen LogP contribution in [0.2, 0.25) is 5.02 Å². The second-order valence-corrected chi connectivity index (χ2v) is 7.86. The van der Waals surface area contributed by atoms with E-state index in [2.05, 4.69) is 15.9 Å². The monoisotopic (exact) mass is 468 g/mol. The predicted molar refractivity (Wildman–Crippen MR) is 105 cm³/mol. The fraction of sp³-hybridized carbons (Fsp3) is 0.0588. The maximum absolute atomic E-state index is 12.6. The van der Waals surface area contributed by atoms with E-state index in [4.69, 9.17) is 11.6 Å². The van der Waals surface area contributed by atoms with Crippen molar-refractivity contribution in [3.63, 3.8) is 0 Å². The molecule has 0 aromatic heterocycles. The molecule has 1 aliphatic heterocycles. The zero-order chi connectivity index (χ0) is 19.7. The predicted octanol–water partition coefficient (Wildman–Crippen LogP) is 4.95. The third-order valence-corrected chi connectivity index (χ3v) is 5.31. The second kappa shape index (κ2) is 7.71. The highest BCUT2D eigenvalue weighted by atomic mass is 79.9. The van der Waals surface area contributed by atoms with Gasteiger partial charge in [0.2, 0.25) is 5.75 Å². The molecule has 1 N–H and O–H groups in total. The van der Waals surface area contributed by atoms with Gasteiger partial charge in [-0.05, 0) is 41.6 Å². The van der Waals surface area contributed by atoms with E-state index in [0.29, 0.717) is 21.3 Å². The van der Waals surface area contributed by atoms with Crippen LogP contribution in [0.3, 0.4) is 0 Å². The molecule has 0 bridgehead atoms. The van der Waals surface area contributed by atoms with Crippen molar-refractivity contribution in [3.8, 4) is 5.75 Å². The summed E-state index contributed by atoms with van der Waals surface area (Å²) in [5.41, 5.74) is 0.285. The van der Waals surface area contributed by atoms with Gasteiger partial charge in [0.15, 0.2) is 0 Å². The molecule has 10 heteroatoms. The molecule has 1 saturated heterocycles. The van der Waals surface area contributed by atoms with Crippen LogP contribution in [0, 0.1) is 10.1 Å². The lowest BCUT2D eigenvalue weighted by molar-refractivity contribution is -0.385. The van der Waals surface area contributed by atoms with Crippen molar-refractivity contribution in [2.75, 3.05) is 0 Å². The summed E-state index contributed by atoms with van der Waals surface area (Å²) in [6.07, 6.45) is 1.26. The highest BCUT2D eigenvalue weighted by Gasteiger charge is 2.35. The number of rotatable bonds is 4. The van der Waals surface area contributed by atoms with Gasteiger partial charge in [0.05, 0.1) is 16.4 Å². The first kappa shape index (κ1) is 19.4. The molecule has 1 heterocycles. The summed E-state index contributed by atoms with van der Waals surface area (Å²) in [7, 11) is 0. The van der Waals surface area contributed by atoms with Crippen LogP contribution in [0.25, 0.3) is 6.08 Å². The lowest BCUT2D eigenvalue weighted by atomic mass is 10.1. The van der Waals surface area contributed by atoms with Crippen LogP contribution in [-0.4, -0.2) is 26.1 Å². The highest BCUT2D eigenvalue weighted by molar-refractivity contribution is 9.10. The lowest BCUT2D eigenvalue weighted by Gasteiger charge is -2.12. The fourth-order valence-electron chi connectivity index (χ4n) is 2.40. The molecule has 0 atom stereocenters. The molecule has 27 heavy (non-hydrogen) atoms. The molecule has 1 fully saturated rings. The van der Waals surface area contributed by atoms with E-state index in [1.54, 1.807) is 24.3 Å². The number of benzene rings is 2. The number of nitro groups is 1. The average molecular weight is 470 g/mol. The summed E-state index contributed by atoms with van der Waals surface area (Å²) in [6.45, 7) is 0.0732. The molecule has 0 aliphatic carbocycles. The average Bonchev–Trinajstić information content (AvgIpc) is 2.87. The fourth-order valence-corrected chi connectivity index (χ4v) is 3.82. The van der Waals surface area contributed by atoms with Gasteiger partial charge in [-0.15, -0.1) is 0 Å². The van der Waals surface area contributed by atoms with Gasteiger partial charge < -0.3 is 5.11 Å². The first-order valence-corrected chi connectivity index (χ1v) is 9.41. The molecular weight excluding hydrogens is 460 g/mol. The van der Waals surface area contributed by atoms with Crippen molar-refractivity contribution in [2.24, 2.45) is 0 Å². The SMILES string of the molecule is O=C1S/C(=C\c2cc(Br)cc([N+](=O)[O-])c2O)C(=O)N1Cc1ccc(Cl)cc1. The number of nitro benzene ring substituents is 1. The smallest absolute Gasteiger partial charge is 0.312 e. The largest absolute Gasteiger partial charge is 0.502 e. The van der Waals surface area contributed by atoms with Gasteiger partial charge in [-0.3, -0.25) is 24.6 Å². The number of phenols is 1. The van der Waals surface area contributed by atoms with Gasteiger partial charge in [-0.25, -0.2) is 0 Å². The third-order valence-electron chi connectivity index (χ3n) is 3.69. The molecule has 2 amide bonds. The molecule has 0 spiro atoms. The first-order valence-electron chi connectivity index (χ1n) is 7.43. The van der Waals surface area contributed by atoms with Crippen LogP contribution in [0.5, 0.6) is 5.75 Å². The Balaban J connectivity index is 1.90. The third kappa shape index (κ3) is 4.15. The molecule has 0 saturated carbocycles. The van der Waals surface area contributed by atoms with E-state index in [-0.39, 0.29) is 17.0 Å². The second-order valence-electron chi connectivity index (χ2n) is 5.51. The van der Waals surface area contributed by atoms with Gasteiger partial charge in [0, 0.05) is 21.1 Å². The van der Waals surface area contributed by atoms with Gasteiger partial charge >= 0.3 is 5.69 Å². The summed E-state index contributed by atoms with van der Waals surface area (Å²) in [5.74, 6) is -1.12. The molecular formula is C17H10BrClN2O5S. The van der Waals surface area contributed by atoms with Crippen molar-refractivity contribution in [1.29, 1.82) is 0 Å². The van der Waals surface area contributed by atoms with E-state index in [0.717, 1.165) is 16.5 Å². The van der Waals surface area contributed by atoms with Gasteiger partial charge in [-0.1, -0.05) is 39.7 Å². The first-order chi connectivity index (χ1) is 12.8. The van der Waals surface area contributed by atoms with Crippen LogP contribution in [0.15, 0.2) is 45.8 Å². The molecule has 2 aromatic rings. The number of nitrogens with zero attached hydrogens (tertiary/aromatic N) is 2. The molecule has 0 radical (unpaired) electrons. The number of carbonyl (C=O) groups excluding carboxylic acids is 2. The van der Waals surface area contributed by atoms with E-state index in [1.165, 1.54) is 12.1 Å². The molecule has 1 aliphatic rings. The lowest BCUT2D eigenvalue weighted by Crippen LogP contribution is -2.27. The number of phenolic OH excluding ortho intramolecular Hbond substituents is 1. The number of imide groups is 1. The van der Waals surface area contributed by atoms with E-state index >= 15 is 0 Å². The maximum Gasteiger partial charge on any atom is 0.312 e. The van der Waals surface area contributed by atoms with Crippen LogP contribution >= 0.6 is 39.3 Å². The Morgan fingerprint density at radius 1 is 1.26 bits per heavy atom. The highest BCUT2D eigenvalue weighted by Crippen LogP contribution is 2.38. The summed E-state index contributed by atoms with van der Waals surface area (Å²) in [6, 6.07) is 9.31. The van der Waals surface area contributed by atoms with Crippen LogP contribution < -0.4 is 0 Å². The summed E-state index contributed by atoms with van der Waals surface area (Å²) in [4.78, 5) is 36.2. The number of hydrogen-bond acceptors (Lipinski definition) is 6. The number of thioether (sulfide) groups is 1. The van der Waals surface area contributed by atoms with Crippen LogP contribution in [0.1, 0.15) is 11.1 Å². The molecule has 138 valence electrons. The topological polar surface area (TPSA) is 101 Å². The number of carbonyl (C=O) groups is 2. The van der Waals surface area contributed by atoms with Gasteiger partial charge in [0.1, 0.15) is 0 Å². The van der Waals surface area contributed by atoms with Crippen molar-refractivity contribution in [3.05, 3.63) is 72.0 Å². The number of hydrogen-bond donors (Lipinski definition) is 1. The van der Waals surface area contributed by atoms with Crippen molar-refractivity contribution in [1.82, 2.24) is 4.90 Å². The van der Waals surface area contributed by atoms with Crippen LogP contribution in [0.4, 0.5) is 10.5 Å². The number of halogens is 2. The van der Waals surface area contributed by atoms with Gasteiger partial charge in [-0.2, -0.15) is 0 Å². The summed E-state index contributed by atoms with van der Waals surface area (Å²) in [5, 5.41) is 21.2. The Hall–Kier alpha value is -2.36. The van der Waals surface area contributed by atoms with Crippen molar-refractivity contribution in [2.45, 2.75) is 6.54 Å². The minimum absolute atomic E-state index is 0.0630. The summed E-state index contributed by atoms with van der Waals surface area (Å²) >= 11 is 9.66. The van der Waals surface area contributed by atoms with E-state index < -0.39 is 27.5 Å². The Labute approximate surface area is 170 Å². The summed E-state index contributed by atoms with van der Waals surface area (Å²) < 4.78 is 0.360. The molecule has 3 rings (SSSR count). The number of aromatic hydroxyl groups is 1.